The molecule has 0 aliphatic carbocycles. The second-order valence-electron chi connectivity index (χ2n) is 6.22. The van der Waals surface area contributed by atoms with Crippen LogP contribution in [0.1, 0.15) is 5.56 Å². The Morgan fingerprint density at radius 1 is 1.16 bits per heavy atom. The maximum atomic E-state index is 6.29. The average Bonchev–Trinajstić information content (AvgIpc) is 3.05. The fourth-order valence-corrected chi connectivity index (χ4v) is 4.17. The lowest BCUT2D eigenvalue weighted by Crippen LogP contribution is -3.13. The fraction of sp³-hybridized carbons (Fsp3) is 0.316. The molecule has 1 N–H and O–H groups in total. The van der Waals surface area contributed by atoms with Gasteiger partial charge in [-0.25, -0.2) is 4.98 Å². The van der Waals surface area contributed by atoms with E-state index in [0.29, 0.717) is 5.22 Å². The second-order valence-corrected chi connectivity index (χ2v) is 7.60. The zero-order valence-electron chi connectivity index (χ0n) is 13.8. The Labute approximate surface area is 156 Å². The van der Waals surface area contributed by atoms with E-state index in [4.69, 9.17) is 20.8 Å². The molecule has 3 aromatic rings. The van der Waals surface area contributed by atoms with E-state index in [9.17, 15) is 0 Å². The average molecular weight is 376 g/mol. The quantitative estimate of drug-likeness (QED) is 0.696. The molecule has 0 amide bonds. The summed E-state index contributed by atoms with van der Waals surface area (Å²) in [5.41, 5.74) is 2.94. The molecule has 1 aliphatic heterocycles. The molecule has 0 spiro atoms. The van der Waals surface area contributed by atoms with Crippen molar-refractivity contribution in [2.45, 2.75) is 17.9 Å². The molecule has 4 rings (SSSR count). The van der Waals surface area contributed by atoms with Gasteiger partial charge in [-0.05, 0) is 18.2 Å². The number of oxazole rings is 1. The molecule has 0 saturated carbocycles. The zero-order valence-corrected chi connectivity index (χ0v) is 15.4. The summed E-state index contributed by atoms with van der Waals surface area (Å²) >= 11 is 7.91. The molecular formula is C19H20ClN2O2S+. The van der Waals surface area contributed by atoms with E-state index in [2.05, 4.69) is 11.1 Å². The summed E-state index contributed by atoms with van der Waals surface area (Å²) in [6.07, 6.45) is 0.200. The van der Waals surface area contributed by atoms with Gasteiger partial charge in [0.2, 0.25) is 0 Å². The molecule has 1 fully saturated rings. The Bertz CT molecular complexity index is 821. The van der Waals surface area contributed by atoms with E-state index in [1.54, 1.807) is 11.8 Å². The summed E-state index contributed by atoms with van der Waals surface area (Å²) in [4.78, 5) is 6.01. The lowest BCUT2D eigenvalue weighted by atomic mass is 10.2. The van der Waals surface area contributed by atoms with Crippen LogP contribution >= 0.6 is 23.4 Å². The first-order chi connectivity index (χ1) is 12.3. The number of rotatable bonds is 5. The third-order valence-corrected chi connectivity index (χ3v) is 5.72. The smallest absolute Gasteiger partial charge is 0.256 e. The molecule has 25 heavy (non-hydrogen) atoms. The SMILES string of the molecule is Clc1ccccc1C[NH+]1CCO[C@@H](CSc2nc3ccccc3o2)C1. The van der Waals surface area contributed by atoms with Crippen molar-refractivity contribution in [3.05, 3.63) is 59.1 Å². The Balaban J connectivity index is 1.34. The molecule has 0 bridgehead atoms. The number of quaternary nitrogens is 1. The van der Waals surface area contributed by atoms with Crippen LogP contribution in [0, 0.1) is 0 Å². The van der Waals surface area contributed by atoms with Crippen LogP contribution in [-0.2, 0) is 11.3 Å². The number of fused-ring (bicyclic) bond motifs is 1. The van der Waals surface area contributed by atoms with Gasteiger partial charge in [0.05, 0.1) is 6.61 Å². The monoisotopic (exact) mass is 375 g/mol. The number of thioether (sulfide) groups is 1. The van der Waals surface area contributed by atoms with Gasteiger partial charge in [-0.1, -0.05) is 53.7 Å². The van der Waals surface area contributed by atoms with Crippen molar-refractivity contribution >= 4 is 34.5 Å². The van der Waals surface area contributed by atoms with Crippen LogP contribution in [0.2, 0.25) is 5.02 Å². The molecule has 2 aromatic carbocycles. The van der Waals surface area contributed by atoms with Crippen molar-refractivity contribution in [1.82, 2.24) is 4.98 Å². The highest BCUT2D eigenvalue weighted by molar-refractivity contribution is 7.99. The van der Waals surface area contributed by atoms with Crippen molar-refractivity contribution in [3.63, 3.8) is 0 Å². The van der Waals surface area contributed by atoms with E-state index in [1.165, 1.54) is 10.5 Å². The normalized spacial score (nSPS) is 20.8. The van der Waals surface area contributed by atoms with Gasteiger partial charge in [0.1, 0.15) is 31.3 Å². The number of ether oxygens (including phenoxy) is 1. The summed E-state index contributed by atoms with van der Waals surface area (Å²) < 4.78 is 11.7. The third-order valence-electron chi connectivity index (χ3n) is 4.39. The van der Waals surface area contributed by atoms with E-state index >= 15 is 0 Å². The topological polar surface area (TPSA) is 39.7 Å². The van der Waals surface area contributed by atoms with Gasteiger partial charge < -0.3 is 14.1 Å². The molecule has 2 heterocycles. The minimum atomic E-state index is 0.200. The lowest BCUT2D eigenvalue weighted by Gasteiger charge is -2.30. The molecule has 4 nitrogen and oxygen atoms in total. The molecule has 1 aliphatic rings. The summed E-state index contributed by atoms with van der Waals surface area (Å²) in [6, 6.07) is 15.9. The van der Waals surface area contributed by atoms with Crippen LogP contribution in [0.15, 0.2) is 58.2 Å². The number of aromatic nitrogens is 1. The highest BCUT2D eigenvalue weighted by Gasteiger charge is 2.25. The number of hydrogen-bond donors (Lipinski definition) is 1. The zero-order chi connectivity index (χ0) is 17.1. The Morgan fingerprint density at radius 3 is 2.88 bits per heavy atom. The van der Waals surface area contributed by atoms with Crippen molar-refractivity contribution in [2.75, 3.05) is 25.4 Å². The van der Waals surface area contributed by atoms with Crippen molar-refractivity contribution in [2.24, 2.45) is 0 Å². The highest BCUT2D eigenvalue weighted by atomic mass is 35.5. The van der Waals surface area contributed by atoms with Gasteiger partial charge in [0.25, 0.3) is 5.22 Å². The Hall–Kier alpha value is -1.53. The molecular weight excluding hydrogens is 356 g/mol. The molecule has 1 aromatic heterocycles. The van der Waals surface area contributed by atoms with Gasteiger partial charge >= 0.3 is 0 Å². The number of morpholine rings is 1. The van der Waals surface area contributed by atoms with Gasteiger partial charge in [0.15, 0.2) is 5.58 Å². The number of nitrogens with one attached hydrogen (secondary N) is 1. The summed E-state index contributed by atoms with van der Waals surface area (Å²) in [5, 5.41) is 1.56. The molecule has 1 saturated heterocycles. The highest BCUT2D eigenvalue weighted by Crippen LogP contribution is 2.24. The Morgan fingerprint density at radius 2 is 2.00 bits per heavy atom. The van der Waals surface area contributed by atoms with E-state index in [1.807, 2.05) is 42.5 Å². The number of benzene rings is 2. The van der Waals surface area contributed by atoms with Crippen LogP contribution in [0.3, 0.4) is 0 Å². The first-order valence-electron chi connectivity index (χ1n) is 8.45. The number of para-hydroxylation sites is 2. The third kappa shape index (κ3) is 4.18. The van der Waals surface area contributed by atoms with Crippen molar-refractivity contribution in [1.29, 1.82) is 0 Å². The minimum Gasteiger partial charge on any atom is -0.431 e. The number of halogens is 1. The van der Waals surface area contributed by atoms with Crippen molar-refractivity contribution in [3.8, 4) is 0 Å². The largest absolute Gasteiger partial charge is 0.431 e. The van der Waals surface area contributed by atoms with E-state index in [-0.39, 0.29) is 6.10 Å². The van der Waals surface area contributed by atoms with Gasteiger partial charge in [0, 0.05) is 16.3 Å². The molecule has 2 atom stereocenters. The standard InChI is InChI=1S/C19H19ClN2O2S/c20-16-6-2-1-5-14(16)11-22-9-10-23-15(12-22)13-25-19-21-17-7-3-4-8-18(17)24-19/h1-8,15H,9-13H2/p+1/t15-/m1/s1. The van der Waals surface area contributed by atoms with Gasteiger partial charge in [-0.3, -0.25) is 0 Å². The van der Waals surface area contributed by atoms with Crippen LogP contribution < -0.4 is 4.90 Å². The van der Waals surface area contributed by atoms with Crippen LogP contribution in [-0.4, -0.2) is 36.5 Å². The lowest BCUT2D eigenvalue weighted by molar-refractivity contribution is -0.924. The van der Waals surface area contributed by atoms with E-state index in [0.717, 1.165) is 48.1 Å². The molecule has 130 valence electrons. The first-order valence-corrected chi connectivity index (χ1v) is 9.81. The van der Waals surface area contributed by atoms with Crippen molar-refractivity contribution < 1.29 is 14.1 Å². The van der Waals surface area contributed by atoms with Gasteiger partial charge in [-0.2, -0.15) is 0 Å². The second kappa shape index (κ2) is 7.79. The molecule has 0 radical (unpaired) electrons. The van der Waals surface area contributed by atoms with Gasteiger partial charge in [-0.15, -0.1) is 0 Å². The molecule has 6 heteroatoms. The maximum absolute atomic E-state index is 6.29. The number of nitrogens with zero attached hydrogens (tertiary/aromatic N) is 1. The minimum absolute atomic E-state index is 0.200. The fourth-order valence-electron chi connectivity index (χ4n) is 3.11. The predicted octanol–water partition coefficient (Wildman–Crippen LogP) is 3.06. The summed E-state index contributed by atoms with van der Waals surface area (Å²) in [6.45, 7) is 3.69. The predicted molar refractivity (Wildman–Crippen MR) is 100 cm³/mol. The Kier molecular flexibility index (Phi) is 5.27. The van der Waals surface area contributed by atoms with Crippen LogP contribution in [0.4, 0.5) is 0 Å². The summed E-state index contributed by atoms with van der Waals surface area (Å²) in [7, 11) is 0. The number of hydrogen-bond acceptors (Lipinski definition) is 4. The van der Waals surface area contributed by atoms with Crippen LogP contribution in [0.5, 0.6) is 0 Å². The summed E-state index contributed by atoms with van der Waals surface area (Å²) in [5.74, 6) is 0.846. The van der Waals surface area contributed by atoms with Crippen LogP contribution in [0.25, 0.3) is 11.1 Å². The maximum Gasteiger partial charge on any atom is 0.256 e. The molecule has 1 unspecified atom stereocenters. The van der Waals surface area contributed by atoms with E-state index < -0.39 is 0 Å². The first kappa shape index (κ1) is 16.9.